The van der Waals surface area contributed by atoms with Gasteiger partial charge < -0.3 is 4.74 Å². The molecule has 0 radical (unpaired) electrons. The maximum Gasteiger partial charge on any atom is 0.308 e. The molecule has 0 saturated heterocycles. The summed E-state index contributed by atoms with van der Waals surface area (Å²) >= 11 is 0. The van der Waals surface area contributed by atoms with Crippen molar-refractivity contribution < 1.29 is 9.53 Å². The first-order chi connectivity index (χ1) is 5.45. The first-order valence-electron chi connectivity index (χ1n) is 4.61. The summed E-state index contributed by atoms with van der Waals surface area (Å²) in [6.45, 7) is 10.6. The van der Waals surface area contributed by atoms with E-state index in [0.717, 1.165) is 0 Å². The van der Waals surface area contributed by atoms with Gasteiger partial charge in [-0.1, -0.05) is 34.6 Å². The van der Waals surface area contributed by atoms with E-state index >= 15 is 0 Å². The summed E-state index contributed by atoms with van der Waals surface area (Å²) in [6, 6.07) is 0. The van der Waals surface area contributed by atoms with Gasteiger partial charge in [0.1, 0.15) is 0 Å². The first kappa shape index (κ1) is 11.5. The molecule has 0 fully saturated rings. The van der Waals surface area contributed by atoms with Gasteiger partial charge in [-0.05, 0) is 11.8 Å². The molecule has 0 aliphatic carbocycles. The van der Waals surface area contributed by atoms with Crippen LogP contribution >= 0.6 is 0 Å². The normalized spacial score (nSPS) is 13.6. The topological polar surface area (TPSA) is 26.3 Å². The second-order valence-electron chi connectivity index (χ2n) is 4.01. The van der Waals surface area contributed by atoms with E-state index in [1.54, 1.807) is 0 Å². The van der Waals surface area contributed by atoms with Crippen molar-refractivity contribution in [3.05, 3.63) is 0 Å². The van der Waals surface area contributed by atoms with Crippen LogP contribution in [0.5, 0.6) is 0 Å². The van der Waals surface area contributed by atoms with E-state index in [0.29, 0.717) is 18.4 Å². The quantitative estimate of drug-likeness (QED) is 0.609. The van der Waals surface area contributed by atoms with Crippen molar-refractivity contribution in [1.82, 2.24) is 0 Å². The molecule has 0 saturated carbocycles. The van der Waals surface area contributed by atoms with E-state index in [4.69, 9.17) is 4.74 Å². The molecule has 0 unspecified atom stereocenters. The van der Waals surface area contributed by atoms with Gasteiger partial charge in [0, 0.05) is 0 Å². The molecule has 72 valence electrons. The second kappa shape index (κ2) is 5.18. The van der Waals surface area contributed by atoms with Gasteiger partial charge in [-0.3, -0.25) is 4.79 Å². The van der Waals surface area contributed by atoms with E-state index < -0.39 is 0 Å². The summed E-state index contributed by atoms with van der Waals surface area (Å²) in [5.74, 6) is 0.921. The Hall–Kier alpha value is -0.530. The Kier molecular flexibility index (Phi) is 4.95. The van der Waals surface area contributed by atoms with Gasteiger partial charge in [-0.25, -0.2) is 0 Å². The summed E-state index contributed by atoms with van der Waals surface area (Å²) in [7, 11) is 0. The lowest BCUT2D eigenvalue weighted by Crippen LogP contribution is -2.18. The van der Waals surface area contributed by atoms with Crippen molar-refractivity contribution in [2.24, 2.45) is 17.8 Å². The zero-order valence-electron chi connectivity index (χ0n) is 8.76. The molecule has 0 spiro atoms. The molecule has 1 atom stereocenters. The van der Waals surface area contributed by atoms with E-state index in [9.17, 15) is 4.79 Å². The molecule has 0 aliphatic rings. The van der Waals surface area contributed by atoms with Gasteiger partial charge in [0.2, 0.25) is 0 Å². The summed E-state index contributed by atoms with van der Waals surface area (Å²) < 4.78 is 5.09. The van der Waals surface area contributed by atoms with Crippen LogP contribution in [-0.4, -0.2) is 12.6 Å². The molecule has 0 aliphatic heterocycles. The van der Waals surface area contributed by atoms with E-state index in [1.165, 1.54) is 0 Å². The standard InChI is InChI=1S/C10H20O2/c1-7(2)9(5)6-12-10(11)8(3)4/h7-9H,6H2,1-5H3/t9-/m0/s1. The van der Waals surface area contributed by atoms with E-state index in [-0.39, 0.29) is 11.9 Å². The molecule has 0 rings (SSSR count). The fraction of sp³-hybridized carbons (Fsp3) is 0.900. The second-order valence-corrected chi connectivity index (χ2v) is 4.01. The van der Waals surface area contributed by atoms with Crippen LogP contribution < -0.4 is 0 Å². The number of hydrogen-bond donors (Lipinski definition) is 0. The average Bonchev–Trinajstić information content (AvgIpc) is 1.98. The number of carbonyl (C=O) groups is 1. The predicted molar refractivity (Wildman–Crippen MR) is 49.8 cm³/mol. The van der Waals surface area contributed by atoms with Gasteiger partial charge in [0.25, 0.3) is 0 Å². The molecule has 0 N–H and O–H groups in total. The number of rotatable bonds is 4. The van der Waals surface area contributed by atoms with Crippen LogP contribution in [-0.2, 0) is 9.53 Å². The third-order valence-electron chi connectivity index (χ3n) is 2.10. The SMILES string of the molecule is CC(C)C(=O)OC[C@H](C)C(C)C. The molecular formula is C10H20O2. The van der Waals surface area contributed by atoms with Crippen LogP contribution in [0.3, 0.4) is 0 Å². The third kappa shape index (κ3) is 4.37. The largest absolute Gasteiger partial charge is 0.465 e. The molecule has 12 heavy (non-hydrogen) atoms. The lowest BCUT2D eigenvalue weighted by Gasteiger charge is -2.16. The Labute approximate surface area is 75.3 Å². The van der Waals surface area contributed by atoms with Crippen molar-refractivity contribution in [3.8, 4) is 0 Å². The van der Waals surface area contributed by atoms with Gasteiger partial charge in [0.15, 0.2) is 0 Å². The van der Waals surface area contributed by atoms with Crippen LogP contribution in [0.15, 0.2) is 0 Å². The fourth-order valence-electron chi connectivity index (χ4n) is 0.573. The molecular weight excluding hydrogens is 152 g/mol. The van der Waals surface area contributed by atoms with Gasteiger partial charge in [0.05, 0.1) is 12.5 Å². The maximum atomic E-state index is 11.0. The molecule has 2 heteroatoms. The summed E-state index contributed by atoms with van der Waals surface area (Å²) in [6.07, 6.45) is 0. The van der Waals surface area contributed by atoms with Gasteiger partial charge in [-0.15, -0.1) is 0 Å². The zero-order chi connectivity index (χ0) is 9.72. The third-order valence-corrected chi connectivity index (χ3v) is 2.10. The Bertz CT molecular complexity index is 139. The smallest absolute Gasteiger partial charge is 0.308 e. The monoisotopic (exact) mass is 172 g/mol. The van der Waals surface area contributed by atoms with E-state index in [2.05, 4.69) is 20.8 Å². The number of hydrogen-bond acceptors (Lipinski definition) is 2. The Morgan fingerprint density at radius 1 is 1.17 bits per heavy atom. The molecule has 0 aromatic rings. The highest BCUT2D eigenvalue weighted by Crippen LogP contribution is 2.10. The first-order valence-corrected chi connectivity index (χ1v) is 4.61. The van der Waals surface area contributed by atoms with Crippen LogP contribution in [0.1, 0.15) is 34.6 Å². The zero-order valence-corrected chi connectivity index (χ0v) is 8.76. The average molecular weight is 172 g/mol. The number of esters is 1. The molecule has 0 heterocycles. The predicted octanol–water partition coefficient (Wildman–Crippen LogP) is 2.48. The van der Waals surface area contributed by atoms with Crippen LogP contribution in [0.25, 0.3) is 0 Å². The highest BCUT2D eigenvalue weighted by molar-refractivity contribution is 5.71. The van der Waals surface area contributed by atoms with Gasteiger partial charge in [-0.2, -0.15) is 0 Å². The molecule has 2 nitrogen and oxygen atoms in total. The Morgan fingerprint density at radius 2 is 1.67 bits per heavy atom. The molecule has 0 aromatic heterocycles. The molecule has 0 bridgehead atoms. The minimum Gasteiger partial charge on any atom is -0.465 e. The lowest BCUT2D eigenvalue weighted by atomic mass is 9.99. The van der Waals surface area contributed by atoms with Gasteiger partial charge >= 0.3 is 5.97 Å². The molecule has 0 aromatic carbocycles. The lowest BCUT2D eigenvalue weighted by molar-refractivity contribution is -0.148. The summed E-state index contributed by atoms with van der Waals surface area (Å²) in [4.78, 5) is 11.0. The van der Waals surface area contributed by atoms with Crippen molar-refractivity contribution in [2.45, 2.75) is 34.6 Å². The summed E-state index contributed by atoms with van der Waals surface area (Å²) in [5.41, 5.74) is 0. The van der Waals surface area contributed by atoms with Crippen molar-refractivity contribution in [2.75, 3.05) is 6.61 Å². The Morgan fingerprint density at radius 3 is 2.00 bits per heavy atom. The maximum absolute atomic E-state index is 11.0. The number of carbonyl (C=O) groups excluding carboxylic acids is 1. The Balaban J connectivity index is 3.61. The van der Waals surface area contributed by atoms with Crippen molar-refractivity contribution in [1.29, 1.82) is 0 Å². The summed E-state index contributed by atoms with van der Waals surface area (Å²) in [5, 5.41) is 0. The number of ether oxygens (including phenoxy) is 1. The van der Waals surface area contributed by atoms with Crippen LogP contribution in [0.2, 0.25) is 0 Å². The van der Waals surface area contributed by atoms with Crippen molar-refractivity contribution in [3.63, 3.8) is 0 Å². The van der Waals surface area contributed by atoms with Crippen LogP contribution in [0, 0.1) is 17.8 Å². The highest BCUT2D eigenvalue weighted by Gasteiger charge is 2.12. The highest BCUT2D eigenvalue weighted by atomic mass is 16.5. The minimum absolute atomic E-state index is 0.00985. The van der Waals surface area contributed by atoms with Crippen molar-refractivity contribution >= 4 is 5.97 Å². The fourth-order valence-corrected chi connectivity index (χ4v) is 0.573. The van der Waals surface area contributed by atoms with Crippen LogP contribution in [0.4, 0.5) is 0 Å². The minimum atomic E-state index is -0.0949. The van der Waals surface area contributed by atoms with E-state index in [1.807, 2.05) is 13.8 Å². The molecule has 0 amide bonds.